The van der Waals surface area contributed by atoms with Crippen LogP contribution in [0.3, 0.4) is 0 Å². The van der Waals surface area contributed by atoms with Crippen molar-refractivity contribution in [1.82, 2.24) is 5.32 Å². The predicted molar refractivity (Wildman–Crippen MR) is 89.4 cm³/mol. The molecule has 0 radical (unpaired) electrons. The summed E-state index contributed by atoms with van der Waals surface area (Å²) in [7, 11) is 0. The van der Waals surface area contributed by atoms with Crippen molar-refractivity contribution in [3.8, 4) is 0 Å². The van der Waals surface area contributed by atoms with Gasteiger partial charge < -0.3 is 5.32 Å². The fraction of sp³-hybridized carbons (Fsp3) is 0.182. The molecule has 0 atom stereocenters. The summed E-state index contributed by atoms with van der Waals surface area (Å²) < 4.78 is 2.26. The Balaban J connectivity index is 0.00000108. The third-order valence-electron chi connectivity index (χ3n) is 2.50. The molecule has 1 N–H and O–H groups in total. The highest BCUT2D eigenvalue weighted by molar-refractivity contribution is 14.0. The zero-order chi connectivity index (χ0) is 11.1. The summed E-state index contributed by atoms with van der Waals surface area (Å²) in [5, 5.41) is 5.15. The van der Waals surface area contributed by atoms with Gasteiger partial charge >= 0.3 is 0 Å². The molecule has 0 unspecified atom stereocenters. The highest BCUT2D eigenvalue weighted by atomic mass is 127. The van der Waals surface area contributed by atoms with Crippen LogP contribution < -0.4 is 5.32 Å². The lowest BCUT2D eigenvalue weighted by molar-refractivity contribution is 0.960. The second kappa shape index (κ2) is 5.42. The molecule has 0 fully saturated rings. The number of rotatable bonds is 1. The molecule has 0 saturated carbocycles. The van der Waals surface area contributed by atoms with Crippen LogP contribution >= 0.6 is 62.8 Å². The molecule has 0 bridgehead atoms. The Kier molecular flexibility index (Phi) is 4.33. The van der Waals surface area contributed by atoms with Crippen molar-refractivity contribution in [3.63, 3.8) is 0 Å². The van der Waals surface area contributed by atoms with E-state index in [1.165, 1.54) is 4.70 Å². The van der Waals surface area contributed by atoms with Crippen molar-refractivity contribution in [2.24, 2.45) is 4.99 Å². The van der Waals surface area contributed by atoms with Crippen LogP contribution in [0, 0.1) is 0 Å². The Morgan fingerprint density at radius 3 is 2.88 bits per heavy atom. The van der Waals surface area contributed by atoms with Crippen LogP contribution in [0.25, 0.3) is 10.1 Å². The summed E-state index contributed by atoms with van der Waals surface area (Å²) in [6.07, 6.45) is 0. The Labute approximate surface area is 134 Å². The minimum absolute atomic E-state index is 0. The molecule has 3 rings (SSSR count). The van der Waals surface area contributed by atoms with Gasteiger partial charge in [-0.25, -0.2) is 0 Å². The van der Waals surface area contributed by atoms with E-state index in [-0.39, 0.29) is 24.0 Å². The minimum Gasteiger partial charge on any atom is -0.367 e. The summed E-state index contributed by atoms with van der Waals surface area (Å²) in [5.41, 5.74) is 0. The van der Waals surface area contributed by atoms with Crippen LogP contribution in [-0.2, 0) is 0 Å². The van der Waals surface area contributed by atoms with Crippen molar-refractivity contribution in [2.75, 3.05) is 13.1 Å². The maximum absolute atomic E-state index is 6.38. The molecule has 0 spiro atoms. The van der Waals surface area contributed by atoms with Crippen LogP contribution in [0.1, 0.15) is 4.88 Å². The SMILES string of the molecule is Clc1c(C2=NCCN2)sc2c(Br)cccc12.I. The van der Waals surface area contributed by atoms with Crippen LogP contribution in [0.4, 0.5) is 0 Å². The molecule has 1 aromatic carbocycles. The molecule has 6 heteroatoms. The second-order valence-corrected chi connectivity index (χ2v) is 5.77. The van der Waals surface area contributed by atoms with Crippen LogP contribution in [0.2, 0.25) is 5.02 Å². The summed E-state index contributed by atoms with van der Waals surface area (Å²) in [6, 6.07) is 6.07. The van der Waals surface area contributed by atoms with Crippen LogP contribution in [0.15, 0.2) is 27.7 Å². The lowest BCUT2D eigenvalue weighted by atomic mass is 10.2. The molecular weight excluding hydrogens is 434 g/mol. The largest absolute Gasteiger partial charge is 0.367 e. The van der Waals surface area contributed by atoms with Crippen LogP contribution in [-0.4, -0.2) is 18.9 Å². The van der Waals surface area contributed by atoms with E-state index >= 15 is 0 Å². The number of hydrogen-bond acceptors (Lipinski definition) is 3. The van der Waals surface area contributed by atoms with Gasteiger partial charge in [-0.2, -0.15) is 0 Å². The van der Waals surface area contributed by atoms with Gasteiger partial charge in [0.25, 0.3) is 0 Å². The number of benzene rings is 1. The monoisotopic (exact) mass is 442 g/mol. The van der Waals surface area contributed by atoms with Crippen LogP contribution in [0.5, 0.6) is 0 Å². The standard InChI is InChI=1S/C11H8BrClN2S.HI/c12-7-3-1-2-6-8(13)10(16-9(6)7)11-14-4-5-15-11;/h1-3H,4-5H2,(H,14,15);1H. The molecule has 17 heavy (non-hydrogen) atoms. The maximum Gasteiger partial charge on any atom is 0.140 e. The van der Waals surface area contributed by atoms with Gasteiger partial charge in [-0.3, -0.25) is 4.99 Å². The van der Waals surface area contributed by atoms with Gasteiger partial charge in [-0.05, 0) is 22.0 Å². The first kappa shape index (κ1) is 13.6. The smallest absolute Gasteiger partial charge is 0.140 e. The summed E-state index contributed by atoms with van der Waals surface area (Å²) in [4.78, 5) is 5.45. The van der Waals surface area contributed by atoms with Crippen molar-refractivity contribution < 1.29 is 0 Å². The summed E-state index contributed by atoms with van der Waals surface area (Å²) >= 11 is 11.6. The topological polar surface area (TPSA) is 24.4 Å². The fourth-order valence-corrected chi connectivity index (χ4v) is 3.87. The van der Waals surface area contributed by atoms with Gasteiger partial charge in [0.15, 0.2) is 0 Å². The molecule has 0 saturated heterocycles. The molecule has 1 aromatic heterocycles. The predicted octanol–water partition coefficient (Wildman–Crippen LogP) is 4.29. The number of amidine groups is 1. The Hall–Kier alpha value is 0.150. The maximum atomic E-state index is 6.38. The van der Waals surface area contributed by atoms with Gasteiger partial charge in [-0.15, -0.1) is 35.3 Å². The molecule has 2 nitrogen and oxygen atoms in total. The van der Waals surface area contributed by atoms with E-state index in [0.29, 0.717) is 0 Å². The van der Waals surface area contributed by atoms with Gasteiger partial charge in [0.2, 0.25) is 0 Å². The average Bonchev–Trinajstić information content (AvgIpc) is 2.88. The zero-order valence-electron chi connectivity index (χ0n) is 8.67. The second-order valence-electron chi connectivity index (χ2n) is 3.52. The van der Waals surface area contributed by atoms with E-state index in [9.17, 15) is 0 Å². The molecule has 0 amide bonds. The van der Waals surface area contributed by atoms with Crippen molar-refractivity contribution in [1.29, 1.82) is 0 Å². The highest BCUT2D eigenvalue weighted by Gasteiger charge is 2.18. The Morgan fingerprint density at radius 2 is 2.24 bits per heavy atom. The van der Waals surface area contributed by atoms with E-state index in [4.69, 9.17) is 11.6 Å². The molecule has 2 aromatic rings. The van der Waals surface area contributed by atoms with Gasteiger partial charge in [0, 0.05) is 16.4 Å². The first-order valence-corrected chi connectivity index (χ1v) is 6.91. The molecule has 0 aliphatic carbocycles. The van der Waals surface area contributed by atoms with Crippen molar-refractivity contribution >= 4 is 78.8 Å². The number of fused-ring (bicyclic) bond motifs is 1. The lowest BCUT2D eigenvalue weighted by Gasteiger charge is -1.97. The lowest BCUT2D eigenvalue weighted by Crippen LogP contribution is -2.18. The van der Waals surface area contributed by atoms with Crippen molar-refractivity contribution in [2.45, 2.75) is 0 Å². The minimum atomic E-state index is 0. The van der Waals surface area contributed by atoms with Gasteiger partial charge in [0.1, 0.15) is 5.84 Å². The third kappa shape index (κ3) is 2.34. The molecule has 1 aliphatic heterocycles. The molecule has 90 valence electrons. The Bertz CT molecular complexity index is 596. The van der Waals surface area contributed by atoms with Gasteiger partial charge in [0.05, 0.1) is 21.1 Å². The Morgan fingerprint density at radius 1 is 1.41 bits per heavy atom. The normalized spacial score (nSPS) is 14.4. The molecule has 1 aliphatic rings. The number of nitrogens with zero attached hydrogens (tertiary/aromatic N) is 1. The number of halogens is 3. The van der Waals surface area contributed by atoms with Crippen molar-refractivity contribution in [3.05, 3.63) is 32.6 Å². The number of hydrogen-bond donors (Lipinski definition) is 1. The summed E-state index contributed by atoms with van der Waals surface area (Å²) in [5.74, 6) is 0.929. The zero-order valence-corrected chi connectivity index (χ0v) is 14.2. The van der Waals surface area contributed by atoms with E-state index in [1.807, 2.05) is 18.2 Å². The quantitative estimate of drug-likeness (QED) is 0.654. The summed E-state index contributed by atoms with van der Waals surface area (Å²) in [6.45, 7) is 1.74. The third-order valence-corrected chi connectivity index (χ3v) is 5.17. The number of nitrogens with one attached hydrogen (secondary N) is 1. The van der Waals surface area contributed by atoms with E-state index in [1.54, 1.807) is 11.3 Å². The number of aliphatic imine (C=N–C) groups is 1. The number of thiophene rings is 1. The highest BCUT2D eigenvalue weighted by Crippen LogP contribution is 2.39. The van der Waals surface area contributed by atoms with E-state index < -0.39 is 0 Å². The molecular formula is C11H9BrClIN2S. The average molecular weight is 444 g/mol. The first-order chi connectivity index (χ1) is 7.77. The van der Waals surface area contributed by atoms with E-state index in [2.05, 4.69) is 26.2 Å². The van der Waals surface area contributed by atoms with E-state index in [0.717, 1.165) is 38.7 Å². The fourth-order valence-electron chi connectivity index (χ4n) is 1.76. The first-order valence-electron chi connectivity index (χ1n) is 4.92. The molecule has 2 heterocycles. The van der Waals surface area contributed by atoms with Gasteiger partial charge in [-0.1, -0.05) is 23.7 Å².